The van der Waals surface area contributed by atoms with E-state index in [1.165, 1.54) is 62.6 Å². The van der Waals surface area contributed by atoms with E-state index in [0.29, 0.717) is 41.4 Å². The summed E-state index contributed by atoms with van der Waals surface area (Å²) in [6, 6.07) is 84.2. The fourth-order valence-corrected chi connectivity index (χ4v) is 10.3. The molecule has 0 saturated heterocycles. The van der Waals surface area contributed by atoms with Gasteiger partial charge < -0.3 is 0 Å². The normalized spacial score (nSPS) is 12.9. The molecular formula is C75H98Cl4. The summed E-state index contributed by atoms with van der Waals surface area (Å²) in [5.41, 5.74) is 10.1. The van der Waals surface area contributed by atoms with Gasteiger partial charge in [0.05, 0.1) is 0 Å². The van der Waals surface area contributed by atoms with Crippen molar-refractivity contribution < 1.29 is 0 Å². The molecule has 8 aromatic carbocycles. The van der Waals surface area contributed by atoms with Crippen molar-refractivity contribution in [3.63, 3.8) is 0 Å². The van der Waals surface area contributed by atoms with Crippen molar-refractivity contribution in [2.45, 2.75) is 162 Å². The maximum absolute atomic E-state index is 5.00. The van der Waals surface area contributed by atoms with Gasteiger partial charge in [-0.15, -0.1) is 46.4 Å². The maximum atomic E-state index is 5.00. The predicted octanol–water partition coefficient (Wildman–Crippen LogP) is 24.8. The lowest BCUT2D eigenvalue weighted by Crippen LogP contribution is -2.16. The van der Waals surface area contributed by atoms with Gasteiger partial charge in [-0.2, -0.15) is 0 Å². The number of alkyl halides is 4. The van der Waals surface area contributed by atoms with Gasteiger partial charge >= 0.3 is 0 Å². The lowest BCUT2D eigenvalue weighted by molar-refractivity contribution is 0.386. The zero-order valence-corrected chi connectivity index (χ0v) is 52.9. The van der Waals surface area contributed by atoms with Crippen LogP contribution in [0.25, 0.3) is 10.8 Å². The van der Waals surface area contributed by atoms with Crippen LogP contribution in [0.4, 0.5) is 0 Å². The number of hydrogen-bond acceptors (Lipinski definition) is 0. The van der Waals surface area contributed by atoms with E-state index in [4.69, 9.17) is 46.4 Å². The highest BCUT2D eigenvalue weighted by molar-refractivity contribution is 6.18. The van der Waals surface area contributed by atoms with Gasteiger partial charge in [0, 0.05) is 23.5 Å². The van der Waals surface area contributed by atoms with Crippen LogP contribution in [0.15, 0.2) is 224 Å². The molecule has 0 nitrogen and oxygen atoms in total. The smallest absolute Gasteiger partial charge is 0.0195 e. The van der Waals surface area contributed by atoms with Gasteiger partial charge in [-0.1, -0.05) is 307 Å². The predicted molar refractivity (Wildman–Crippen MR) is 358 cm³/mol. The van der Waals surface area contributed by atoms with Crippen LogP contribution < -0.4 is 0 Å². The van der Waals surface area contributed by atoms with Gasteiger partial charge in [-0.25, -0.2) is 0 Å². The van der Waals surface area contributed by atoms with Gasteiger partial charge in [0.25, 0.3) is 0 Å². The van der Waals surface area contributed by atoms with Crippen molar-refractivity contribution in [2.24, 2.45) is 0 Å². The highest BCUT2D eigenvalue weighted by Gasteiger charge is 2.30. The van der Waals surface area contributed by atoms with Gasteiger partial charge in [0.15, 0.2) is 0 Å². The highest BCUT2D eigenvalue weighted by Crippen LogP contribution is 2.47. The fourth-order valence-electron chi connectivity index (χ4n) is 10.3. The Bertz CT molecular complexity index is 2570. The monoisotopic (exact) mass is 1140 g/mol. The van der Waals surface area contributed by atoms with E-state index < -0.39 is 0 Å². The molecule has 8 aromatic rings. The van der Waals surface area contributed by atoms with Crippen LogP contribution in [0, 0.1) is 0 Å². The van der Waals surface area contributed by atoms with E-state index in [2.05, 4.69) is 266 Å². The summed E-state index contributed by atoms with van der Waals surface area (Å²) in [7, 11) is 0. The van der Waals surface area contributed by atoms with E-state index in [-0.39, 0.29) is 0 Å². The largest absolute Gasteiger partial charge is 0.127 e. The standard InChI is InChI=1S/C61H62.2C3H8.4C2H5Cl/c1-46(48-23-9-3-10-24-48)39-57(50-27-13-5-14-28-50)42-59(52-31-17-7-18-32-52)44-60(53-33-19-8-20-34-53)45-61(56-38-37-54-35-21-22-36-55(54)41-56)43-58(51-29-15-6-16-30-51)40-47(2)49-25-11-4-12-26-49;2*1-3-2;4*1-2-3/h3-38,41,46-47,57-61H,39-40,42-45H2,1-2H3;2*3H2,1-2H3;4*2H2,1H3. The molecule has 7 unspecified atom stereocenters. The molecule has 7 atom stereocenters. The van der Waals surface area contributed by atoms with E-state index in [1.54, 1.807) is 0 Å². The Hall–Kier alpha value is -4.82. The summed E-state index contributed by atoms with van der Waals surface area (Å²) in [6.07, 6.45) is 9.11. The average Bonchev–Trinajstić information content (AvgIpc) is 3.49. The molecule has 0 aliphatic rings. The minimum Gasteiger partial charge on any atom is -0.127 e. The highest BCUT2D eigenvalue weighted by atomic mass is 35.5. The van der Waals surface area contributed by atoms with Gasteiger partial charge in [-0.3, -0.25) is 0 Å². The molecule has 8 rings (SSSR count). The minimum atomic E-state index is 0.363. The third-order valence-electron chi connectivity index (χ3n) is 13.6. The van der Waals surface area contributed by atoms with Crippen molar-refractivity contribution >= 4 is 57.2 Å². The molecule has 0 aliphatic heterocycles. The summed E-state index contributed by atoms with van der Waals surface area (Å²) >= 11 is 20.0. The van der Waals surface area contributed by atoms with Gasteiger partial charge in [0.2, 0.25) is 0 Å². The molecule has 4 heteroatoms. The summed E-state index contributed by atoms with van der Waals surface area (Å²) in [5.74, 6) is 5.76. The average molecular weight is 1140 g/mol. The quantitative estimate of drug-likeness (QED) is 0.0708. The zero-order chi connectivity index (χ0) is 57.9. The van der Waals surface area contributed by atoms with E-state index in [9.17, 15) is 0 Å². The van der Waals surface area contributed by atoms with Crippen LogP contribution in [-0.4, -0.2) is 23.5 Å². The second-order valence-electron chi connectivity index (χ2n) is 20.3. The Morgan fingerprint density at radius 1 is 0.241 bits per heavy atom. The summed E-state index contributed by atoms with van der Waals surface area (Å²) in [6.45, 7) is 20.9. The molecular weight excluding hydrogens is 1040 g/mol. The van der Waals surface area contributed by atoms with Crippen LogP contribution >= 0.6 is 46.4 Å². The van der Waals surface area contributed by atoms with Crippen LogP contribution in [0.1, 0.15) is 201 Å². The first-order valence-corrected chi connectivity index (χ1v) is 31.7. The lowest BCUT2D eigenvalue weighted by Gasteiger charge is -2.33. The molecule has 426 valence electrons. The van der Waals surface area contributed by atoms with Crippen molar-refractivity contribution in [3.05, 3.63) is 263 Å². The SMILES string of the molecule is CC(CC(CC(CC(CC(CC(CC(C)c1ccccc1)c1ccccc1)c1ccc2ccccc2c1)c1ccccc1)c1ccccc1)c1ccccc1)c1ccccc1.CCC.CCC.CCCl.CCCl.CCCl.CCCl. The van der Waals surface area contributed by atoms with Crippen molar-refractivity contribution in [2.75, 3.05) is 23.5 Å². The summed E-state index contributed by atoms with van der Waals surface area (Å²) in [5, 5.41) is 2.64. The first-order valence-electron chi connectivity index (χ1n) is 29.6. The molecule has 79 heavy (non-hydrogen) atoms. The van der Waals surface area contributed by atoms with E-state index in [1.807, 2.05) is 27.7 Å². The Balaban J connectivity index is 0.00000105. The number of hydrogen-bond donors (Lipinski definition) is 0. The Labute approximate surface area is 502 Å². The topological polar surface area (TPSA) is 0 Å². The maximum Gasteiger partial charge on any atom is 0.0195 e. The molecule has 0 radical (unpaired) electrons. The Kier molecular flexibility index (Phi) is 39.9. The fraction of sp³-hybridized carbons (Fsp3) is 0.387. The second kappa shape index (κ2) is 44.9. The third-order valence-corrected chi connectivity index (χ3v) is 13.6. The van der Waals surface area contributed by atoms with E-state index >= 15 is 0 Å². The van der Waals surface area contributed by atoms with Crippen LogP contribution in [0.5, 0.6) is 0 Å². The van der Waals surface area contributed by atoms with Crippen molar-refractivity contribution in [3.8, 4) is 0 Å². The van der Waals surface area contributed by atoms with Crippen LogP contribution in [0.3, 0.4) is 0 Å². The molecule has 0 spiro atoms. The van der Waals surface area contributed by atoms with Crippen molar-refractivity contribution in [1.29, 1.82) is 0 Å². The second-order valence-corrected chi connectivity index (χ2v) is 22.4. The first-order chi connectivity index (χ1) is 38.6. The lowest BCUT2D eigenvalue weighted by atomic mass is 9.71. The van der Waals surface area contributed by atoms with Crippen LogP contribution in [-0.2, 0) is 0 Å². The summed E-state index contributed by atoms with van der Waals surface area (Å²) in [4.78, 5) is 0. The number of halogens is 4. The minimum absolute atomic E-state index is 0.363. The number of benzene rings is 8. The third kappa shape index (κ3) is 27.9. The molecule has 0 aliphatic carbocycles. The molecule has 0 saturated carbocycles. The molecule has 0 bridgehead atoms. The molecule has 0 heterocycles. The first kappa shape index (κ1) is 70.3. The molecule has 0 N–H and O–H groups in total. The molecule has 0 fully saturated rings. The van der Waals surface area contributed by atoms with E-state index in [0.717, 1.165) is 62.0 Å². The van der Waals surface area contributed by atoms with Gasteiger partial charge in [0.1, 0.15) is 0 Å². The number of fused-ring (bicyclic) bond motifs is 1. The van der Waals surface area contributed by atoms with Gasteiger partial charge in [-0.05, 0) is 130 Å². The van der Waals surface area contributed by atoms with Crippen LogP contribution in [0.2, 0.25) is 0 Å². The van der Waals surface area contributed by atoms with Crippen molar-refractivity contribution in [1.82, 2.24) is 0 Å². The Morgan fingerprint density at radius 2 is 0.443 bits per heavy atom. The summed E-state index contributed by atoms with van der Waals surface area (Å²) < 4.78 is 0. The molecule has 0 aromatic heterocycles. The Morgan fingerprint density at radius 3 is 0.709 bits per heavy atom. The number of rotatable bonds is 19. The zero-order valence-electron chi connectivity index (χ0n) is 49.9. The molecule has 0 amide bonds.